The van der Waals surface area contributed by atoms with Crippen molar-refractivity contribution in [3.8, 4) is 17.2 Å². The van der Waals surface area contributed by atoms with Gasteiger partial charge in [0.25, 0.3) is 0 Å². The molecule has 0 heterocycles. The largest absolute Gasteiger partial charge is 0.493 e. The van der Waals surface area contributed by atoms with Gasteiger partial charge in [-0.1, -0.05) is 48.5 Å². The summed E-state index contributed by atoms with van der Waals surface area (Å²) < 4.78 is 11.5. The van der Waals surface area contributed by atoms with Crippen LogP contribution < -0.4 is 9.47 Å². The van der Waals surface area contributed by atoms with Crippen LogP contribution in [0.5, 0.6) is 17.2 Å². The van der Waals surface area contributed by atoms with Crippen LogP contribution in [0.4, 0.5) is 0 Å². The third kappa shape index (κ3) is 4.86. The van der Waals surface area contributed by atoms with Gasteiger partial charge >= 0.3 is 5.97 Å². The Hall–Kier alpha value is -3.27. The van der Waals surface area contributed by atoms with E-state index in [0.29, 0.717) is 23.9 Å². The van der Waals surface area contributed by atoms with E-state index in [2.05, 4.69) is 12.1 Å². The summed E-state index contributed by atoms with van der Waals surface area (Å²) >= 11 is 0. The molecule has 0 unspecified atom stereocenters. The van der Waals surface area contributed by atoms with E-state index in [1.165, 1.54) is 11.6 Å². The number of hydrogen-bond acceptors (Lipinski definition) is 3. The number of carbonyl (C=O) groups is 1. The normalized spacial score (nSPS) is 10.3. The van der Waals surface area contributed by atoms with Gasteiger partial charge in [-0.3, -0.25) is 0 Å². The van der Waals surface area contributed by atoms with E-state index in [-0.39, 0.29) is 5.56 Å². The third-order valence-corrected chi connectivity index (χ3v) is 3.87. The summed E-state index contributed by atoms with van der Waals surface area (Å²) in [4.78, 5) is 11.3. The van der Waals surface area contributed by atoms with Crippen molar-refractivity contribution in [3.63, 3.8) is 0 Å². The summed E-state index contributed by atoms with van der Waals surface area (Å²) in [5.41, 5.74) is 1.42. The molecule has 0 aromatic heterocycles. The Morgan fingerprint density at radius 3 is 2.38 bits per heavy atom. The number of hydrogen-bond donors (Lipinski definition) is 1. The smallest absolute Gasteiger partial charge is 0.339 e. The van der Waals surface area contributed by atoms with Crippen LogP contribution in [0, 0.1) is 0 Å². The Kier molecular flexibility index (Phi) is 5.88. The summed E-state index contributed by atoms with van der Waals surface area (Å²) in [6, 6.07) is 24.1. The molecule has 4 nitrogen and oxygen atoms in total. The quantitative estimate of drug-likeness (QED) is 0.569. The van der Waals surface area contributed by atoms with Crippen molar-refractivity contribution in [2.75, 3.05) is 6.61 Å². The van der Waals surface area contributed by atoms with Crippen molar-refractivity contribution in [1.29, 1.82) is 0 Å². The maximum absolute atomic E-state index is 11.3. The zero-order valence-electron chi connectivity index (χ0n) is 14.3. The molecule has 0 radical (unpaired) electrons. The molecule has 0 atom stereocenters. The first-order chi connectivity index (χ1) is 12.7. The van der Waals surface area contributed by atoms with Gasteiger partial charge in [0, 0.05) is 6.07 Å². The maximum atomic E-state index is 11.3. The van der Waals surface area contributed by atoms with E-state index in [0.717, 1.165) is 12.8 Å². The van der Waals surface area contributed by atoms with Crippen molar-refractivity contribution in [2.45, 2.75) is 12.8 Å². The van der Waals surface area contributed by atoms with Crippen LogP contribution in [0.25, 0.3) is 0 Å². The number of aryl methyl sites for hydroxylation is 1. The van der Waals surface area contributed by atoms with Crippen LogP contribution in [0.15, 0.2) is 78.9 Å². The first-order valence-electron chi connectivity index (χ1n) is 8.49. The van der Waals surface area contributed by atoms with Gasteiger partial charge in [-0.2, -0.15) is 0 Å². The molecular weight excluding hydrogens is 328 g/mol. The molecule has 0 aliphatic rings. The molecule has 0 aliphatic heterocycles. The molecule has 0 fully saturated rings. The first kappa shape index (κ1) is 17.5. The minimum atomic E-state index is -1.02. The van der Waals surface area contributed by atoms with Crippen LogP contribution in [0.1, 0.15) is 22.3 Å². The molecule has 0 amide bonds. The van der Waals surface area contributed by atoms with Crippen molar-refractivity contribution in [1.82, 2.24) is 0 Å². The van der Waals surface area contributed by atoms with Gasteiger partial charge in [0.15, 0.2) is 0 Å². The Balaban J connectivity index is 1.57. The predicted octanol–water partition coefficient (Wildman–Crippen LogP) is 5.19. The van der Waals surface area contributed by atoms with Crippen molar-refractivity contribution in [2.24, 2.45) is 0 Å². The molecule has 3 rings (SSSR count). The van der Waals surface area contributed by atoms with Crippen molar-refractivity contribution < 1.29 is 19.4 Å². The molecule has 0 bridgehead atoms. The van der Waals surface area contributed by atoms with E-state index in [1.54, 1.807) is 30.3 Å². The lowest BCUT2D eigenvalue weighted by atomic mass is 10.1. The van der Waals surface area contributed by atoms with Crippen LogP contribution in [0.2, 0.25) is 0 Å². The second-order valence-electron chi connectivity index (χ2n) is 5.82. The molecule has 0 saturated carbocycles. The highest BCUT2D eigenvalue weighted by Crippen LogP contribution is 2.28. The Morgan fingerprint density at radius 2 is 1.58 bits per heavy atom. The van der Waals surface area contributed by atoms with E-state index >= 15 is 0 Å². The minimum absolute atomic E-state index is 0.127. The van der Waals surface area contributed by atoms with Gasteiger partial charge in [0.1, 0.15) is 22.8 Å². The van der Waals surface area contributed by atoms with Gasteiger partial charge in [-0.25, -0.2) is 4.79 Å². The summed E-state index contributed by atoms with van der Waals surface area (Å²) in [5.74, 6) is 0.526. The molecule has 3 aromatic carbocycles. The molecule has 4 heteroatoms. The van der Waals surface area contributed by atoms with Crippen LogP contribution in [0.3, 0.4) is 0 Å². The van der Waals surface area contributed by atoms with Crippen LogP contribution in [-0.2, 0) is 6.42 Å². The second kappa shape index (κ2) is 8.72. The van der Waals surface area contributed by atoms with Gasteiger partial charge < -0.3 is 14.6 Å². The topological polar surface area (TPSA) is 55.8 Å². The first-order valence-corrected chi connectivity index (χ1v) is 8.49. The maximum Gasteiger partial charge on any atom is 0.339 e. The summed E-state index contributed by atoms with van der Waals surface area (Å²) in [6.07, 6.45) is 1.87. The van der Waals surface area contributed by atoms with Crippen molar-refractivity contribution in [3.05, 3.63) is 90.0 Å². The summed E-state index contributed by atoms with van der Waals surface area (Å²) in [7, 11) is 0. The van der Waals surface area contributed by atoms with Gasteiger partial charge in [-0.05, 0) is 42.7 Å². The van der Waals surface area contributed by atoms with Gasteiger partial charge in [-0.15, -0.1) is 0 Å². The Labute approximate surface area is 152 Å². The number of carboxylic acid groups (broad SMARTS) is 1. The molecular formula is C22H20O4. The van der Waals surface area contributed by atoms with E-state index in [4.69, 9.17) is 9.47 Å². The fourth-order valence-electron chi connectivity index (χ4n) is 2.60. The standard InChI is InChI=1S/C22H20O4/c23-22(24)20-13-4-5-14-21(20)26-19-12-6-11-18(16-19)25-15-7-10-17-8-2-1-3-9-17/h1-6,8-9,11-14,16H,7,10,15H2,(H,23,24). The third-order valence-electron chi connectivity index (χ3n) is 3.87. The molecule has 26 heavy (non-hydrogen) atoms. The zero-order chi connectivity index (χ0) is 18.2. The Morgan fingerprint density at radius 1 is 0.846 bits per heavy atom. The van der Waals surface area contributed by atoms with Gasteiger partial charge in [0.2, 0.25) is 0 Å². The number of carboxylic acids is 1. The summed E-state index contributed by atoms with van der Waals surface area (Å²) in [6.45, 7) is 0.601. The van der Waals surface area contributed by atoms with Gasteiger partial charge in [0.05, 0.1) is 6.61 Å². The SMILES string of the molecule is O=C(O)c1ccccc1Oc1cccc(OCCCc2ccccc2)c1. The highest BCUT2D eigenvalue weighted by atomic mass is 16.5. The average molecular weight is 348 g/mol. The molecule has 0 aliphatic carbocycles. The molecule has 132 valence electrons. The molecule has 0 spiro atoms. The lowest BCUT2D eigenvalue weighted by Gasteiger charge is -2.11. The highest BCUT2D eigenvalue weighted by molar-refractivity contribution is 5.90. The fourth-order valence-corrected chi connectivity index (χ4v) is 2.60. The fraction of sp³-hybridized carbons (Fsp3) is 0.136. The van der Waals surface area contributed by atoms with Crippen molar-refractivity contribution >= 4 is 5.97 Å². The lowest BCUT2D eigenvalue weighted by molar-refractivity contribution is 0.0694. The Bertz CT molecular complexity index is 859. The van der Waals surface area contributed by atoms with E-state index < -0.39 is 5.97 Å². The average Bonchev–Trinajstić information content (AvgIpc) is 2.67. The second-order valence-corrected chi connectivity index (χ2v) is 5.82. The number of para-hydroxylation sites is 1. The lowest BCUT2D eigenvalue weighted by Crippen LogP contribution is -2.01. The number of benzene rings is 3. The van der Waals surface area contributed by atoms with E-state index in [1.807, 2.05) is 30.3 Å². The molecule has 3 aromatic rings. The number of aromatic carboxylic acids is 1. The van der Waals surface area contributed by atoms with Crippen LogP contribution >= 0.6 is 0 Å². The minimum Gasteiger partial charge on any atom is -0.493 e. The predicted molar refractivity (Wildman–Crippen MR) is 100 cm³/mol. The highest BCUT2D eigenvalue weighted by Gasteiger charge is 2.11. The summed E-state index contributed by atoms with van der Waals surface area (Å²) in [5, 5.41) is 9.23. The monoisotopic (exact) mass is 348 g/mol. The zero-order valence-corrected chi connectivity index (χ0v) is 14.3. The molecule has 0 saturated heterocycles. The van der Waals surface area contributed by atoms with E-state index in [9.17, 15) is 9.90 Å². The molecule has 1 N–H and O–H groups in total. The number of rotatable bonds is 8. The van der Waals surface area contributed by atoms with Crippen LogP contribution in [-0.4, -0.2) is 17.7 Å². The number of ether oxygens (including phenoxy) is 2.